The van der Waals surface area contributed by atoms with Crippen LogP contribution in [0.5, 0.6) is 0 Å². The highest BCUT2D eigenvalue weighted by Crippen LogP contribution is 2.21. The first kappa shape index (κ1) is 25.7. The first-order valence-electron chi connectivity index (χ1n) is 13.2. The van der Waals surface area contributed by atoms with Gasteiger partial charge in [0.25, 0.3) is 0 Å². The molecule has 3 aromatic rings. The van der Waals surface area contributed by atoms with Crippen molar-refractivity contribution in [2.75, 3.05) is 0 Å². The summed E-state index contributed by atoms with van der Waals surface area (Å²) in [5, 5.41) is 3.32. The minimum absolute atomic E-state index is 0.0245. The number of amides is 2. The highest BCUT2D eigenvalue weighted by Gasteiger charge is 2.32. The lowest BCUT2D eigenvalue weighted by atomic mass is 9.94. The second-order valence-corrected chi connectivity index (χ2v) is 10.2. The van der Waals surface area contributed by atoms with Crippen LogP contribution >= 0.6 is 0 Å². The fraction of sp³-hybridized carbons (Fsp3) is 0.375. The third-order valence-electron chi connectivity index (χ3n) is 7.26. The van der Waals surface area contributed by atoms with Gasteiger partial charge >= 0.3 is 0 Å². The minimum Gasteiger partial charge on any atom is -0.352 e. The van der Waals surface area contributed by atoms with Crippen LogP contribution in [0, 0.1) is 13.8 Å². The number of hydrogen-bond donors (Lipinski definition) is 1. The molecule has 36 heavy (non-hydrogen) atoms. The van der Waals surface area contributed by atoms with Gasteiger partial charge in [-0.3, -0.25) is 9.59 Å². The van der Waals surface area contributed by atoms with Crippen molar-refractivity contribution < 1.29 is 9.59 Å². The van der Waals surface area contributed by atoms with Crippen molar-refractivity contribution in [3.05, 3.63) is 107 Å². The highest BCUT2D eigenvalue weighted by atomic mass is 16.2. The number of nitrogens with one attached hydrogen (secondary N) is 1. The molecule has 4 rings (SSSR count). The Kier molecular flexibility index (Phi) is 8.94. The molecule has 1 saturated carbocycles. The molecule has 0 aromatic heterocycles. The summed E-state index contributed by atoms with van der Waals surface area (Å²) in [6, 6.07) is 25.9. The summed E-state index contributed by atoms with van der Waals surface area (Å²) in [4.78, 5) is 29.6. The van der Waals surface area contributed by atoms with Crippen LogP contribution in [-0.2, 0) is 29.0 Å². The number of carbonyl (C=O) groups excluding carboxylic acids is 2. The zero-order chi connectivity index (χ0) is 25.3. The van der Waals surface area contributed by atoms with Crippen LogP contribution in [0.15, 0.2) is 78.9 Å². The molecule has 0 aliphatic heterocycles. The van der Waals surface area contributed by atoms with Crippen LogP contribution < -0.4 is 5.32 Å². The fourth-order valence-electron chi connectivity index (χ4n) is 5.17. The van der Waals surface area contributed by atoms with E-state index in [4.69, 9.17) is 0 Å². The summed E-state index contributed by atoms with van der Waals surface area (Å²) in [6.45, 7) is 4.51. The number of benzene rings is 3. The van der Waals surface area contributed by atoms with Gasteiger partial charge in [-0.1, -0.05) is 104 Å². The summed E-state index contributed by atoms with van der Waals surface area (Å²) in [5.41, 5.74) is 5.35. The molecule has 1 aliphatic carbocycles. The molecule has 188 valence electrons. The van der Waals surface area contributed by atoms with Crippen molar-refractivity contribution in [1.82, 2.24) is 10.2 Å². The Morgan fingerprint density at radius 1 is 0.861 bits per heavy atom. The number of aryl methyl sites for hydroxylation is 2. The smallest absolute Gasteiger partial charge is 0.243 e. The standard InChI is InChI=1S/C32H38N2O2/c1-24-12-11-16-27(20-24)22-31(35)34(23-28-17-10-9-13-25(28)2)30(21-26-14-5-3-6-15-26)32(36)33-29-18-7-4-8-19-29/h3,5-6,9-17,20,29-30H,4,7-8,18-19,21-23H2,1-2H3,(H,33,36). The molecule has 1 aliphatic rings. The van der Waals surface area contributed by atoms with Crippen LogP contribution in [0.1, 0.15) is 59.9 Å². The largest absolute Gasteiger partial charge is 0.352 e. The lowest BCUT2D eigenvalue weighted by Crippen LogP contribution is -2.53. The van der Waals surface area contributed by atoms with E-state index >= 15 is 0 Å². The third-order valence-corrected chi connectivity index (χ3v) is 7.26. The average Bonchev–Trinajstić information content (AvgIpc) is 2.88. The number of hydrogen-bond acceptors (Lipinski definition) is 2. The van der Waals surface area contributed by atoms with Gasteiger partial charge in [-0.05, 0) is 48.9 Å². The van der Waals surface area contributed by atoms with Crippen LogP contribution in [0.4, 0.5) is 0 Å². The van der Waals surface area contributed by atoms with Gasteiger partial charge in [0.1, 0.15) is 6.04 Å². The highest BCUT2D eigenvalue weighted by molar-refractivity contribution is 5.89. The van der Waals surface area contributed by atoms with Crippen molar-refractivity contribution in [2.24, 2.45) is 0 Å². The molecule has 0 heterocycles. The molecule has 0 saturated heterocycles. The van der Waals surface area contributed by atoms with E-state index in [0.717, 1.165) is 53.5 Å². The van der Waals surface area contributed by atoms with E-state index in [2.05, 4.69) is 30.4 Å². The predicted molar refractivity (Wildman–Crippen MR) is 146 cm³/mol. The quantitative estimate of drug-likeness (QED) is 0.411. The second kappa shape index (κ2) is 12.5. The lowest BCUT2D eigenvalue weighted by molar-refractivity contribution is -0.141. The predicted octanol–water partition coefficient (Wildman–Crippen LogP) is 5.93. The molecule has 4 heteroatoms. The van der Waals surface area contributed by atoms with E-state index in [1.807, 2.05) is 72.5 Å². The zero-order valence-corrected chi connectivity index (χ0v) is 21.6. The van der Waals surface area contributed by atoms with Gasteiger partial charge in [-0.25, -0.2) is 0 Å². The first-order chi connectivity index (χ1) is 17.5. The second-order valence-electron chi connectivity index (χ2n) is 10.2. The summed E-state index contributed by atoms with van der Waals surface area (Å²) in [6.07, 6.45) is 6.31. The van der Waals surface area contributed by atoms with Gasteiger partial charge in [-0.2, -0.15) is 0 Å². The van der Waals surface area contributed by atoms with Crippen molar-refractivity contribution >= 4 is 11.8 Å². The van der Waals surface area contributed by atoms with E-state index in [1.54, 1.807) is 0 Å². The Balaban J connectivity index is 1.66. The Morgan fingerprint density at radius 2 is 1.56 bits per heavy atom. The summed E-state index contributed by atoms with van der Waals surface area (Å²) < 4.78 is 0. The van der Waals surface area contributed by atoms with E-state index < -0.39 is 6.04 Å². The van der Waals surface area contributed by atoms with Gasteiger partial charge < -0.3 is 10.2 Å². The monoisotopic (exact) mass is 482 g/mol. The van der Waals surface area contributed by atoms with Gasteiger partial charge in [0.2, 0.25) is 11.8 Å². The number of rotatable bonds is 9. The molecule has 1 unspecified atom stereocenters. The molecule has 2 amide bonds. The molecule has 0 spiro atoms. The Labute approximate surface area is 215 Å². The molecule has 1 N–H and O–H groups in total. The van der Waals surface area contributed by atoms with E-state index in [-0.39, 0.29) is 24.3 Å². The molecule has 1 fully saturated rings. The van der Waals surface area contributed by atoms with Crippen LogP contribution in [-0.4, -0.2) is 28.8 Å². The third kappa shape index (κ3) is 7.07. The zero-order valence-electron chi connectivity index (χ0n) is 21.6. The topological polar surface area (TPSA) is 49.4 Å². The first-order valence-corrected chi connectivity index (χ1v) is 13.2. The van der Waals surface area contributed by atoms with Gasteiger partial charge in [0, 0.05) is 19.0 Å². The van der Waals surface area contributed by atoms with E-state index in [9.17, 15) is 9.59 Å². The SMILES string of the molecule is Cc1cccc(CC(=O)N(Cc2ccccc2C)C(Cc2ccccc2)C(=O)NC2CCCCC2)c1. The Hall–Kier alpha value is -3.40. The fourth-order valence-corrected chi connectivity index (χ4v) is 5.17. The number of nitrogens with zero attached hydrogens (tertiary/aromatic N) is 1. The number of carbonyl (C=O) groups is 2. The maximum absolute atomic E-state index is 13.9. The van der Waals surface area contributed by atoms with E-state index in [1.165, 1.54) is 6.42 Å². The van der Waals surface area contributed by atoms with Crippen molar-refractivity contribution in [2.45, 2.75) is 77.4 Å². The average molecular weight is 483 g/mol. The molecule has 0 radical (unpaired) electrons. The van der Waals surface area contributed by atoms with Crippen LogP contribution in [0.25, 0.3) is 0 Å². The maximum atomic E-state index is 13.9. The van der Waals surface area contributed by atoms with Crippen LogP contribution in [0.3, 0.4) is 0 Å². The summed E-state index contributed by atoms with van der Waals surface area (Å²) in [7, 11) is 0. The van der Waals surface area contributed by atoms with Gasteiger partial charge in [-0.15, -0.1) is 0 Å². The summed E-state index contributed by atoms with van der Waals surface area (Å²) >= 11 is 0. The summed E-state index contributed by atoms with van der Waals surface area (Å²) in [5.74, 6) is -0.0690. The normalized spacial score (nSPS) is 14.7. The molecular weight excluding hydrogens is 444 g/mol. The van der Waals surface area contributed by atoms with Gasteiger partial charge in [0.05, 0.1) is 6.42 Å². The minimum atomic E-state index is -0.578. The van der Waals surface area contributed by atoms with Crippen LogP contribution in [0.2, 0.25) is 0 Å². The Morgan fingerprint density at radius 3 is 2.28 bits per heavy atom. The molecule has 3 aromatic carbocycles. The molecular formula is C32H38N2O2. The molecule has 0 bridgehead atoms. The lowest BCUT2D eigenvalue weighted by Gasteiger charge is -2.34. The van der Waals surface area contributed by atoms with Crippen molar-refractivity contribution in [3.8, 4) is 0 Å². The molecule has 1 atom stereocenters. The Bertz CT molecular complexity index is 1150. The maximum Gasteiger partial charge on any atom is 0.243 e. The molecule has 4 nitrogen and oxygen atoms in total. The van der Waals surface area contributed by atoms with E-state index in [0.29, 0.717) is 13.0 Å². The van der Waals surface area contributed by atoms with Crippen molar-refractivity contribution in [3.63, 3.8) is 0 Å². The van der Waals surface area contributed by atoms with Gasteiger partial charge in [0.15, 0.2) is 0 Å². The van der Waals surface area contributed by atoms with Crippen molar-refractivity contribution in [1.29, 1.82) is 0 Å².